The van der Waals surface area contributed by atoms with E-state index in [0.29, 0.717) is 6.61 Å². The largest absolute Gasteiger partial charge is 0.496 e. The summed E-state index contributed by atoms with van der Waals surface area (Å²) in [6, 6.07) is 15.4. The van der Waals surface area contributed by atoms with Crippen LogP contribution >= 0.6 is 0 Å². The average molecular weight is 339 g/mol. The summed E-state index contributed by atoms with van der Waals surface area (Å²) in [5.41, 5.74) is 1.27. The Morgan fingerprint density at radius 3 is 2.44 bits per heavy atom. The molecular formula is C21H25NO3. The van der Waals surface area contributed by atoms with Gasteiger partial charge >= 0.3 is 0 Å². The molecule has 0 unspecified atom stereocenters. The maximum Gasteiger partial charge on any atom is 0.235 e. The average Bonchev–Trinajstić information content (AvgIpc) is 2.60. The van der Waals surface area contributed by atoms with Crippen molar-refractivity contribution in [1.29, 1.82) is 0 Å². The molecule has 0 bridgehead atoms. The van der Waals surface area contributed by atoms with E-state index in [9.17, 15) is 4.79 Å². The Morgan fingerprint density at radius 2 is 1.84 bits per heavy atom. The SMILES string of the molecule is CCCOc1ccc(NC(=O)C2(c3ccccc3OC)CCC2)cc1. The molecule has 0 aromatic heterocycles. The monoisotopic (exact) mass is 339 g/mol. The molecule has 0 heterocycles. The van der Waals surface area contributed by atoms with E-state index in [0.717, 1.165) is 48.4 Å². The molecule has 0 saturated heterocycles. The van der Waals surface area contributed by atoms with Crippen LogP contribution in [-0.4, -0.2) is 19.6 Å². The highest BCUT2D eigenvalue weighted by Crippen LogP contribution is 2.47. The fourth-order valence-corrected chi connectivity index (χ4v) is 3.29. The summed E-state index contributed by atoms with van der Waals surface area (Å²) in [4.78, 5) is 13.0. The third-order valence-corrected chi connectivity index (χ3v) is 4.85. The second-order valence-electron chi connectivity index (χ2n) is 6.46. The zero-order valence-electron chi connectivity index (χ0n) is 14.9. The van der Waals surface area contributed by atoms with Crippen molar-refractivity contribution >= 4 is 11.6 Å². The van der Waals surface area contributed by atoms with Gasteiger partial charge in [0, 0.05) is 11.3 Å². The van der Waals surface area contributed by atoms with Crippen LogP contribution in [-0.2, 0) is 10.2 Å². The molecule has 0 atom stereocenters. The number of ether oxygens (including phenoxy) is 2. The van der Waals surface area contributed by atoms with Gasteiger partial charge < -0.3 is 14.8 Å². The lowest BCUT2D eigenvalue weighted by Gasteiger charge is -2.41. The Kier molecular flexibility index (Phi) is 5.27. The van der Waals surface area contributed by atoms with Gasteiger partial charge in [0.15, 0.2) is 0 Å². The minimum absolute atomic E-state index is 0.0328. The van der Waals surface area contributed by atoms with Crippen molar-refractivity contribution in [3.63, 3.8) is 0 Å². The lowest BCUT2D eigenvalue weighted by Crippen LogP contribution is -2.46. The highest BCUT2D eigenvalue weighted by molar-refractivity contribution is 6.00. The molecule has 1 aliphatic carbocycles. The number of carbonyl (C=O) groups excluding carboxylic acids is 1. The van der Waals surface area contributed by atoms with Crippen LogP contribution in [0.5, 0.6) is 11.5 Å². The van der Waals surface area contributed by atoms with Crippen molar-refractivity contribution in [2.24, 2.45) is 0 Å². The van der Waals surface area contributed by atoms with Gasteiger partial charge in [0.1, 0.15) is 11.5 Å². The van der Waals surface area contributed by atoms with Gasteiger partial charge in [-0.2, -0.15) is 0 Å². The lowest BCUT2D eigenvalue weighted by molar-refractivity contribution is -0.124. The minimum Gasteiger partial charge on any atom is -0.496 e. The number of methoxy groups -OCH3 is 1. The second-order valence-corrected chi connectivity index (χ2v) is 6.46. The zero-order chi connectivity index (χ0) is 17.7. The molecule has 2 aromatic carbocycles. The number of hydrogen-bond acceptors (Lipinski definition) is 3. The second kappa shape index (κ2) is 7.60. The first kappa shape index (κ1) is 17.3. The van der Waals surface area contributed by atoms with Crippen LogP contribution in [0.25, 0.3) is 0 Å². The molecule has 1 saturated carbocycles. The number of anilines is 1. The van der Waals surface area contributed by atoms with Gasteiger partial charge in [-0.1, -0.05) is 31.5 Å². The molecule has 3 rings (SSSR count). The van der Waals surface area contributed by atoms with Crippen LogP contribution in [0.3, 0.4) is 0 Å². The number of para-hydroxylation sites is 1. The molecule has 4 nitrogen and oxygen atoms in total. The quantitative estimate of drug-likeness (QED) is 0.805. The number of carbonyl (C=O) groups is 1. The van der Waals surface area contributed by atoms with Crippen molar-refractivity contribution in [2.75, 3.05) is 19.0 Å². The van der Waals surface area contributed by atoms with Gasteiger partial charge in [0.05, 0.1) is 19.1 Å². The van der Waals surface area contributed by atoms with E-state index in [2.05, 4.69) is 12.2 Å². The molecule has 1 fully saturated rings. The van der Waals surface area contributed by atoms with Crippen molar-refractivity contribution in [2.45, 2.75) is 38.0 Å². The number of nitrogens with one attached hydrogen (secondary N) is 1. The molecule has 0 spiro atoms. The van der Waals surface area contributed by atoms with Crippen LogP contribution in [0.1, 0.15) is 38.2 Å². The normalized spacial score (nSPS) is 15.1. The van der Waals surface area contributed by atoms with E-state index < -0.39 is 5.41 Å². The topological polar surface area (TPSA) is 47.6 Å². The van der Waals surface area contributed by atoms with Crippen molar-refractivity contribution in [3.05, 3.63) is 54.1 Å². The van der Waals surface area contributed by atoms with Crippen molar-refractivity contribution in [3.8, 4) is 11.5 Å². The van der Waals surface area contributed by atoms with Crippen LogP contribution in [0.2, 0.25) is 0 Å². The first-order chi connectivity index (χ1) is 12.2. The molecule has 0 aliphatic heterocycles. The number of hydrogen-bond donors (Lipinski definition) is 1. The van der Waals surface area contributed by atoms with Crippen molar-refractivity contribution in [1.82, 2.24) is 0 Å². The fraction of sp³-hybridized carbons (Fsp3) is 0.381. The Balaban J connectivity index is 1.77. The molecule has 2 aromatic rings. The predicted octanol–water partition coefficient (Wildman–Crippen LogP) is 4.54. The van der Waals surface area contributed by atoms with E-state index in [-0.39, 0.29) is 5.91 Å². The molecular weight excluding hydrogens is 314 g/mol. The maximum absolute atomic E-state index is 13.0. The van der Waals surface area contributed by atoms with E-state index in [1.807, 2.05) is 48.5 Å². The summed E-state index contributed by atoms with van der Waals surface area (Å²) in [5, 5.41) is 3.07. The summed E-state index contributed by atoms with van der Waals surface area (Å²) in [6.45, 7) is 2.77. The Hall–Kier alpha value is -2.49. The van der Waals surface area contributed by atoms with E-state index in [4.69, 9.17) is 9.47 Å². The minimum atomic E-state index is -0.496. The molecule has 1 amide bonds. The van der Waals surface area contributed by atoms with Crippen LogP contribution in [0.4, 0.5) is 5.69 Å². The standard InChI is InChI=1S/C21H25NO3/c1-3-15-25-17-11-9-16(10-12-17)22-20(23)21(13-6-14-21)18-7-4-5-8-19(18)24-2/h4-5,7-12H,3,6,13-15H2,1-2H3,(H,22,23). The van der Waals surface area contributed by atoms with E-state index in [1.54, 1.807) is 7.11 Å². The zero-order valence-corrected chi connectivity index (χ0v) is 14.9. The van der Waals surface area contributed by atoms with Crippen LogP contribution < -0.4 is 14.8 Å². The smallest absolute Gasteiger partial charge is 0.235 e. The summed E-state index contributed by atoms with van der Waals surface area (Å²) in [6.07, 6.45) is 3.71. The third-order valence-electron chi connectivity index (χ3n) is 4.85. The summed E-state index contributed by atoms with van der Waals surface area (Å²) < 4.78 is 11.1. The highest BCUT2D eigenvalue weighted by Gasteiger charge is 2.47. The summed E-state index contributed by atoms with van der Waals surface area (Å²) >= 11 is 0. The predicted molar refractivity (Wildman–Crippen MR) is 99.4 cm³/mol. The Labute approximate surface area is 149 Å². The van der Waals surface area contributed by atoms with Crippen LogP contribution in [0, 0.1) is 0 Å². The number of benzene rings is 2. The lowest BCUT2D eigenvalue weighted by atomic mass is 9.63. The fourth-order valence-electron chi connectivity index (χ4n) is 3.29. The molecule has 1 N–H and O–H groups in total. The Morgan fingerprint density at radius 1 is 1.12 bits per heavy atom. The van der Waals surface area contributed by atoms with Gasteiger partial charge in [-0.25, -0.2) is 0 Å². The summed E-state index contributed by atoms with van der Waals surface area (Å²) in [5.74, 6) is 1.63. The van der Waals surface area contributed by atoms with Gasteiger partial charge in [-0.05, 0) is 49.6 Å². The number of amides is 1. The van der Waals surface area contributed by atoms with Crippen LogP contribution in [0.15, 0.2) is 48.5 Å². The van der Waals surface area contributed by atoms with Gasteiger partial charge in [0.25, 0.3) is 0 Å². The third kappa shape index (κ3) is 3.48. The van der Waals surface area contributed by atoms with Gasteiger partial charge in [0.2, 0.25) is 5.91 Å². The summed E-state index contributed by atoms with van der Waals surface area (Å²) in [7, 11) is 1.65. The molecule has 4 heteroatoms. The van der Waals surface area contributed by atoms with Gasteiger partial charge in [-0.3, -0.25) is 4.79 Å². The molecule has 1 aliphatic rings. The van der Waals surface area contributed by atoms with E-state index >= 15 is 0 Å². The highest BCUT2D eigenvalue weighted by atomic mass is 16.5. The maximum atomic E-state index is 13.0. The first-order valence-corrected chi connectivity index (χ1v) is 8.87. The molecule has 25 heavy (non-hydrogen) atoms. The molecule has 0 radical (unpaired) electrons. The van der Waals surface area contributed by atoms with E-state index in [1.165, 1.54) is 0 Å². The Bertz CT molecular complexity index is 720. The van der Waals surface area contributed by atoms with Gasteiger partial charge in [-0.15, -0.1) is 0 Å². The number of rotatable bonds is 7. The van der Waals surface area contributed by atoms with Crippen molar-refractivity contribution < 1.29 is 14.3 Å². The first-order valence-electron chi connectivity index (χ1n) is 8.87. The molecule has 132 valence electrons.